The van der Waals surface area contributed by atoms with Crippen molar-refractivity contribution in [1.82, 2.24) is 15.5 Å². The minimum Gasteiger partial charge on any atom is -0.387 e. The summed E-state index contributed by atoms with van der Waals surface area (Å²) >= 11 is 6.10. The number of rotatable bonds is 7. The first kappa shape index (κ1) is 20.9. The fourth-order valence-electron chi connectivity index (χ4n) is 3.36. The van der Waals surface area contributed by atoms with E-state index in [1.807, 2.05) is 30.3 Å². The summed E-state index contributed by atoms with van der Waals surface area (Å²) in [5, 5.41) is 15.9. The Balaban J connectivity index is 1.45. The largest absolute Gasteiger partial charge is 0.387 e. The molecule has 2 N–H and O–H groups in total. The van der Waals surface area contributed by atoms with E-state index in [4.69, 9.17) is 11.6 Å². The summed E-state index contributed by atoms with van der Waals surface area (Å²) in [5.74, 6) is -0.401. The van der Waals surface area contributed by atoms with Crippen molar-refractivity contribution in [2.45, 2.75) is 32.0 Å². The maximum absolute atomic E-state index is 12.3. The maximum Gasteiger partial charge on any atom is 0.263 e. The molecule has 0 unspecified atom stereocenters. The Labute approximate surface area is 177 Å². The van der Waals surface area contributed by atoms with Gasteiger partial charge in [0.05, 0.1) is 0 Å². The van der Waals surface area contributed by atoms with Crippen molar-refractivity contribution >= 4 is 17.5 Å². The zero-order valence-electron chi connectivity index (χ0n) is 16.3. The van der Waals surface area contributed by atoms with E-state index in [2.05, 4.69) is 39.8 Å². The molecule has 1 aliphatic heterocycles. The second-order valence-electron chi connectivity index (χ2n) is 7.15. The molecule has 1 fully saturated rings. The second-order valence-corrected chi connectivity index (χ2v) is 7.55. The van der Waals surface area contributed by atoms with Crippen molar-refractivity contribution < 1.29 is 4.79 Å². The van der Waals surface area contributed by atoms with Crippen LogP contribution in [0.25, 0.3) is 0 Å². The van der Waals surface area contributed by atoms with E-state index in [0.717, 1.165) is 38.0 Å². The third kappa shape index (κ3) is 6.35. The van der Waals surface area contributed by atoms with Gasteiger partial charge in [0.2, 0.25) is 0 Å². The number of nitrogens with one attached hydrogen (secondary N) is 2. The van der Waals surface area contributed by atoms with Crippen molar-refractivity contribution in [3.63, 3.8) is 0 Å². The quantitative estimate of drug-likeness (QED) is 0.542. The van der Waals surface area contributed by atoms with Crippen LogP contribution in [0.2, 0.25) is 5.02 Å². The molecule has 3 rings (SSSR count). The number of nitrogens with zero attached hydrogens (tertiary/aromatic N) is 2. The lowest BCUT2D eigenvalue weighted by atomic mass is 10.0. The molecular weight excluding hydrogens is 384 g/mol. The third-order valence-corrected chi connectivity index (χ3v) is 5.43. The number of benzene rings is 2. The Bertz CT molecular complexity index is 883. The van der Waals surface area contributed by atoms with Gasteiger partial charge in [-0.15, -0.1) is 0 Å². The van der Waals surface area contributed by atoms with Gasteiger partial charge in [0, 0.05) is 43.4 Å². The highest BCUT2D eigenvalue weighted by molar-refractivity contribution is 6.31. The maximum atomic E-state index is 12.3. The lowest BCUT2D eigenvalue weighted by molar-refractivity contribution is -0.117. The predicted octanol–water partition coefficient (Wildman–Crippen LogP) is 3.62. The van der Waals surface area contributed by atoms with E-state index in [1.165, 1.54) is 5.56 Å². The Morgan fingerprint density at radius 1 is 1.14 bits per heavy atom. The number of piperidine rings is 1. The zero-order valence-corrected chi connectivity index (χ0v) is 17.0. The highest BCUT2D eigenvalue weighted by Crippen LogP contribution is 2.15. The Morgan fingerprint density at radius 3 is 2.52 bits per heavy atom. The molecule has 0 spiro atoms. The van der Waals surface area contributed by atoms with Crippen LogP contribution in [-0.2, 0) is 17.9 Å². The number of nitriles is 1. The molecule has 29 heavy (non-hydrogen) atoms. The molecule has 0 aromatic heterocycles. The molecule has 0 bridgehead atoms. The first-order valence-electron chi connectivity index (χ1n) is 9.80. The summed E-state index contributed by atoms with van der Waals surface area (Å²) in [4.78, 5) is 14.7. The average molecular weight is 409 g/mol. The van der Waals surface area contributed by atoms with Crippen LogP contribution >= 0.6 is 11.6 Å². The molecule has 2 aromatic carbocycles. The molecule has 1 amide bonds. The third-order valence-electron chi connectivity index (χ3n) is 5.06. The first-order chi connectivity index (χ1) is 14.2. The fraction of sp³-hybridized carbons (Fsp3) is 0.304. The summed E-state index contributed by atoms with van der Waals surface area (Å²) in [6, 6.07) is 20.0. The van der Waals surface area contributed by atoms with Gasteiger partial charge in [0.1, 0.15) is 11.6 Å². The molecular formula is C23H25ClN4O. The van der Waals surface area contributed by atoms with Crippen LogP contribution in [-0.4, -0.2) is 29.9 Å². The van der Waals surface area contributed by atoms with Crippen LogP contribution in [0.1, 0.15) is 24.0 Å². The Kier molecular flexibility index (Phi) is 7.69. The predicted molar refractivity (Wildman–Crippen MR) is 115 cm³/mol. The molecule has 0 atom stereocenters. The van der Waals surface area contributed by atoms with Crippen molar-refractivity contribution in [3.8, 4) is 6.07 Å². The minimum absolute atomic E-state index is 0.0729. The van der Waals surface area contributed by atoms with Gasteiger partial charge in [-0.1, -0.05) is 60.1 Å². The number of carbonyl (C=O) groups is 1. The zero-order chi connectivity index (χ0) is 20.5. The summed E-state index contributed by atoms with van der Waals surface area (Å²) in [6.45, 7) is 3.22. The van der Waals surface area contributed by atoms with Gasteiger partial charge in [0.15, 0.2) is 0 Å². The number of carbonyl (C=O) groups excluding carboxylic acids is 1. The fourth-order valence-corrected chi connectivity index (χ4v) is 3.56. The number of hydrogen-bond acceptors (Lipinski definition) is 4. The van der Waals surface area contributed by atoms with Crippen LogP contribution in [0.5, 0.6) is 0 Å². The van der Waals surface area contributed by atoms with E-state index < -0.39 is 5.91 Å². The van der Waals surface area contributed by atoms with Crippen LogP contribution in [0.4, 0.5) is 0 Å². The molecule has 1 heterocycles. The van der Waals surface area contributed by atoms with E-state index in [1.54, 1.807) is 12.3 Å². The van der Waals surface area contributed by atoms with Crippen molar-refractivity contribution in [1.29, 1.82) is 5.26 Å². The average Bonchev–Trinajstić information content (AvgIpc) is 2.75. The van der Waals surface area contributed by atoms with Crippen LogP contribution in [0.15, 0.2) is 66.4 Å². The van der Waals surface area contributed by atoms with Crippen molar-refractivity contribution in [2.75, 3.05) is 13.1 Å². The number of amides is 1. The molecule has 150 valence electrons. The van der Waals surface area contributed by atoms with Crippen LogP contribution in [0, 0.1) is 11.3 Å². The summed E-state index contributed by atoms with van der Waals surface area (Å²) in [6.07, 6.45) is 3.49. The van der Waals surface area contributed by atoms with Gasteiger partial charge in [-0.05, 0) is 30.0 Å². The van der Waals surface area contributed by atoms with E-state index >= 15 is 0 Å². The normalized spacial score (nSPS) is 15.5. The molecule has 1 aliphatic rings. The first-order valence-corrected chi connectivity index (χ1v) is 10.2. The molecule has 0 radical (unpaired) electrons. The topological polar surface area (TPSA) is 68.2 Å². The highest BCUT2D eigenvalue weighted by atomic mass is 35.5. The van der Waals surface area contributed by atoms with E-state index in [-0.39, 0.29) is 18.2 Å². The van der Waals surface area contributed by atoms with E-state index in [9.17, 15) is 10.1 Å². The second kappa shape index (κ2) is 10.7. The molecule has 0 aliphatic carbocycles. The molecule has 6 heteroatoms. The minimum atomic E-state index is -0.401. The van der Waals surface area contributed by atoms with Gasteiger partial charge in [-0.2, -0.15) is 5.26 Å². The van der Waals surface area contributed by atoms with Gasteiger partial charge < -0.3 is 10.6 Å². The Hall–Kier alpha value is -2.81. The molecule has 2 aromatic rings. The van der Waals surface area contributed by atoms with Crippen molar-refractivity contribution in [3.05, 3.63) is 82.5 Å². The van der Waals surface area contributed by atoms with E-state index in [0.29, 0.717) is 5.02 Å². The lowest BCUT2D eigenvalue weighted by Gasteiger charge is -2.32. The van der Waals surface area contributed by atoms with Gasteiger partial charge in [-0.3, -0.25) is 9.69 Å². The van der Waals surface area contributed by atoms with Crippen LogP contribution in [0.3, 0.4) is 0 Å². The van der Waals surface area contributed by atoms with Gasteiger partial charge in [-0.25, -0.2) is 0 Å². The number of likely N-dealkylation sites (tertiary alicyclic amines) is 1. The number of halogens is 1. The van der Waals surface area contributed by atoms with Gasteiger partial charge >= 0.3 is 0 Å². The van der Waals surface area contributed by atoms with Crippen LogP contribution < -0.4 is 10.6 Å². The summed E-state index contributed by atoms with van der Waals surface area (Å²) in [7, 11) is 0. The summed E-state index contributed by atoms with van der Waals surface area (Å²) in [5.41, 5.74) is 2.21. The standard InChI is InChI=1S/C23H25ClN4O/c24-22-9-5-4-8-19(22)15-27-23(29)20(14-25)16-26-21-10-12-28(13-11-21)17-18-6-2-1-3-7-18/h1-9,16,21,26H,10-13,15,17H2,(H,27,29)/b20-16-. The van der Waals surface area contributed by atoms with Crippen molar-refractivity contribution in [2.24, 2.45) is 0 Å². The molecule has 0 saturated carbocycles. The SMILES string of the molecule is N#C/C(=C/NC1CCN(Cc2ccccc2)CC1)C(=O)NCc1ccccc1Cl. The van der Waals surface area contributed by atoms with Gasteiger partial charge in [0.25, 0.3) is 5.91 Å². The summed E-state index contributed by atoms with van der Waals surface area (Å²) < 4.78 is 0. The Morgan fingerprint density at radius 2 is 1.83 bits per heavy atom. The molecule has 5 nitrogen and oxygen atoms in total. The molecule has 1 saturated heterocycles. The highest BCUT2D eigenvalue weighted by Gasteiger charge is 2.19. The monoisotopic (exact) mass is 408 g/mol. The lowest BCUT2D eigenvalue weighted by Crippen LogP contribution is -2.40. The number of hydrogen-bond donors (Lipinski definition) is 2. The smallest absolute Gasteiger partial charge is 0.263 e.